The molecule has 0 saturated heterocycles. The van der Waals surface area contributed by atoms with Gasteiger partial charge in [-0.3, -0.25) is 0 Å². The minimum absolute atomic E-state index is 0.129. The second kappa shape index (κ2) is 11.7. The maximum Gasteiger partial charge on any atom is 0.0623 e. The van der Waals surface area contributed by atoms with Gasteiger partial charge in [0.25, 0.3) is 0 Å². The van der Waals surface area contributed by atoms with E-state index in [1.807, 2.05) is 0 Å². The van der Waals surface area contributed by atoms with E-state index in [9.17, 15) is 0 Å². The number of rotatable bonds is 8. The van der Waals surface area contributed by atoms with Crippen LogP contribution in [-0.2, 0) is 6.54 Å². The Morgan fingerprint density at radius 1 is 1.03 bits per heavy atom. The molecule has 2 unspecified atom stereocenters. The summed E-state index contributed by atoms with van der Waals surface area (Å²) in [7, 11) is 4.23. The maximum atomic E-state index is 4.27. The van der Waals surface area contributed by atoms with Crippen LogP contribution in [0.2, 0.25) is 0 Å². The summed E-state index contributed by atoms with van der Waals surface area (Å²) in [5, 5.41) is 3.98. The van der Waals surface area contributed by atoms with Crippen molar-refractivity contribution < 1.29 is 0 Å². The van der Waals surface area contributed by atoms with Gasteiger partial charge in [-0.1, -0.05) is 93.1 Å². The minimum Gasteiger partial charge on any atom is -0.377 e. The molecule has 1 N–H and O–H groups in total. The van der Waals surface area contributed by atoms with Gasteiger partial charge in [-0.15, -0.1) is 0 Å². The SMILES string of the molecule is C=CC(=CC=C(C)C)C1C(=C(C)CC)c2c(cccc2C(C)C)NC1c1ccc(CN(C)C)cc1. The second-order valence-electron chi connectivity index (χ2n) is 10.7. The highest BCUT2D eigenvalue weighted by Crippen LogP contribution is 2.51. The van der Waals surface area contributed by atoms with Gasteiger partial charge in [-0.25, -0.2) is 0 Å². The summed E-state index contributed by atoms with van der Waals surface area (Å²) in [6.07, 6.45) is 7.58. The number of hydrogen-bond donors (Lipinski definition) is 1. The molecule has 1 heterocycles. The summed E-state index contributed by atoms with van der Waals surface area (Å²) >= 11 is 0. The van der Waals surface area contributed by atoms with E-state index in [2.05, 4.69) is 133 Å². The Balaban J connectivity index is 2.29. The van der Waals surface area contributed by atoms with E-state index in [1.165, 1.54) is 50.2 Å². The molecule has 0 spiro atoms. The molecule has 2 nitrogen and oxygen atoms in total. The molecule has 186 valence electrons. The molecule has 0 aliphatic carbocycles. The molecule has 0 radical (unpaired) electrons. The number of fused-ring (bicyclic) bond motifs is 1. The molecule has 0 fully saturated rings. The second-order valence-corrected chi connectivity index (χ2v) is 10.7. The summed E-state index contributed by atoms with van der Waals surface area (Å²) in [5.74, 6) is 0.623. The first kappa shape index (κ1) is 26.8. The van der Waals surface area contributed by atoms with Crippen LogP contribution in [0.25, 0.3) is 5.57 Å². The van der Waals surface area contributed by atoms with Gasteiger partial charge in [0.2, 0.25) is 0 Å². The molecule has 3 rings (SSSR count). The third-order valence-corrected chi connectivity index (χ3v) is 6.98. The van der Waals surface area contributed by atoms with Crippen LogP contribution in [0, 0.1) is 5.92 Å². The number of benzene rings is 2. The van der Waals surface area contributed by atoms with Crippen molar-refractivity contribution in [3.8, 4) is 0 Å². The van der Waals surface area contributed by atoms with Crippen molar-refractivity contribution in [3.05, 3.63) is 106 Å². The van der Waals surface area contributed by atoms with Crippen molar-refractivity contribution in [2.24, 2.45) is 5.92 Å². The van der Waals surface area contributed by atoms with Crippen LogP contribution in [-0.4, -0.2) is 19.0 Å². The maximum absolute atomic E-state index is 4.27. The Morgan fingerprint density at radius 3 is 2.26 bits per heavy atom. The van der Waals surface area contributed by atoms with Gasteiger partial charge in [-0.05, 0) is 81.1 Å². The van der Waals surface area contributed by atoms with Gasteiger partial charge in [0.1, 0.15) is 0 Å². The Labute approximate surface area is 214 Å². The average Bonchev–Trinajstić information content (AvgIpc) is 2.82. The first-order valence-electron chi connectivity index (χ1n) is 13.0. The monoisotopic (exact) mass is 468 g/mol. The fraction of sp³-hybridized carbons (Fsp3) is 0.394. The lowest BCUT2D eigenvalue weighted by molar-refractivity contribution is 0.402. The molecule has 2 aromatic rings. The summed E-state index contributed by atoms with van der Waals surface area (Å²) in [5.41, 5.74) is 12.1. The smallest absolute Gasteiger partial charge is 0.0623 e. The van der Waals surface area contributed by atoms with Crippen molar-refractivity contribution in [3.63, 3.8) is 0 Å². The molecule has 1 aliphatic heterocycles. The van der Waals surface area contributed by atoms with Crippen LogP contribution in [0.1, 0.15) is 82.2 Å². The quantitative estimate of drug-likeness (QED) is 0.389. The van der Waals surface area contributed by atoms with E-state index < -0.39 is 0 Å². The molecule has 0 bridgehead atoms. The van der Waals surface area contributed by atoms with E-state index in [4.69, 9.17) is 0 Å². The number of anilines is 1. The van der Waals surface area contributed by atoms with Crippen molar-refractivity contribution in [1.29, 1.82) is 0 Å². The Hall–Kier alpha value is -2.84. The van der Waals surface area contributed by atoms with Crippen LogP contribution >= 0.6 is 0 Å². The van der Waals surface area contributed by atoms with Crippen molar-refractivity contribution in [2.45, 2.75) is 66.5 Å². The normalized spacial score (nSPS) is 19.3. The van der Waals surface area contributed by atoms with Gasteiger partial charge in [-0.2, -0.15) is 0 Å². The number of hydrogen-bond acceptors (Lipinski definition) is 2. The summed E-state index contributed by atoms with van der Waals surface area (Å²) in [4.78, 5) is 2.21. The van der Waals surface area contributed by atoms with E-state index >= 15 is 0 Å². The summed E-state index contributed by atoms with van der Waals surface area (Å²) < 4.78 is 0. The zero-order valence-corrected chi connectivity index (χ0v) is 23.1. The molecule has 2 aromatic carbocycles. The van der Waals surface area contributed by atoms with Crippen LogP contribution < -0.4 is 5.32 Å². The molecule has 35 heavy (non-hydrogen) atoms. The Kier molecular flexibility index (Phi) is 8.97. The minimum atomic E-state index is 0.129. The van der Waals surface area contributed by atoms with Crippen molar-refractivity contribution >= 4 is 11.3 Å². The highest BCUT2D eigenvalue weighted by Gasteiger charge is 2.37. The molecule has 2 heteroatoms. The van der Waals surface area contributed by atoms with Crippen LogP contribution in [0.4, 0.5) is 5.69 Å². The molecule has 0 saturated carbocycles. The predicted octanol–water partition coefficient (Wildman–Crippen LogP) is 8.92. The van der Waals surface area contributed by atoms with E-state index in [-0.39, 0.29) is 12.0 Å². The molecule has 0 amide bonds. The molecule has 0 aromatic heterocycles. The Bertz CT molecular complexity index is 1120. The Morgan fingerprint density at radius 2 is 1.71 bits per heavy atom. The number of allylic oxidation sites excluding steroid dienone is 5. The van der Waals surface area contributed by atoms with Crippen LogP contribution in [0.5, 0.6) is 0 Å². The topological polar surface area (TPSA) is 15.3 Å². The fourth-order valence-electron chi connectivity index (χ4n) is 5.11. The van der Waals surface area contributed by atoms with Gasteiger partial charge in [0, 0.05) is 23.7 Å². The zero-order chi connectivity index (χ0) is 25.7. The lowest BCUT2D eigenvalue weighted by Gasteiger charge is -2.40. The van der Waals surface area contributed by atoms with E-state index in [0.717, 1.165) is 13.0 Å². The first-order valence-corrected chi connectivity index (χ1v) is 13.0. The molecular formula is C33H44N2. The summed E-state index contributed by atoms with van der Waals surface area (Å²) in [6, 6.07) is 16.0. The molecular weight excluding hydrogens is 424 g/mol. The van der Waals surface area contributed by atoms with Crippen LogP contribution in [0.15, 0.2) is 84.0 Å². The van der Waals surface area contributed by atoms with Gasteiger partial charge in [0.15, 0.2) is 0 Å². The predicted molar refractivity (Wildman–Crippen MR) is 155 cm³/mol. The van der Waals surface area contributed by atoms with E-state index in [1.54, 1.807) is 0 Å². The highest BCUT2D eigenvalue weighted by atomic mass is 15.0. The van der Waals surface area contributed by atoms with E-state index in [0.29, 0.717) is 5.92 Å². The zero-order valence-electron chi connectivity index (χ0n) is 23.1. The van der Waals surface area contributed by atoms with Crippen molar-refractivity contribution in [2.75, 3.05) is 19.4 Å². The third kappa shape index (κ3) is 6.05. The lowest BCUT2D eigenvalue weighted by atomic mass is 9.71. The van der Waals surface area contributed by atoms with Gasteiger partial charge >= 0.3 is 0 Å². The fourth-order valence-corrected chi connectivity index (χ4v) is 5.11. The molecule has 2 atom stereocenters. The van der Waals surface area contributed by atoms with Crippen LogP contribution in [0.3, 0.4) is 0 Å². The van der Waals surface area contributed by atoms with Gasteiger partial charge < -0.3 is 10.2 Å². The lowest BCUT2D eigenvalue weighted by Crippen LogP contribution is -2.30. The largest absolute Gasteiger partial charge is 0.377 e. The van der Waals surface area contributed by atoms with Gasteiger partial charge in [0.05, 0.1) is 6.04 Å². The highest BCUT2D eigenvalue weighted by molar-refractivity contribution is 5.87. The van der Waals surface area contributed by atoms with Crippen molar-refractivity contribution in [1.82, 2.24) is 4.90 Å². The molecule has 1 aliphatic rings. The number of nitrogens with one attached hydrogen (secondary N) is 1. The number of nitrogens with zero attached hydrogens (tertiary/aromatic N) is 1. The average molecular weight is 469 g/mol. The third-order valence-electron chi connectivity index (χ3n) is 6.98. The first-order chi connectivity index (χ1) is 16.7. The summed E-state index contributed by atoms with van der Waals surface area (Å²) in [6.45, 7) is 18.7. The standard InChI is InChI=1S/C33H44N2/c1-10-24(7)30-31(26(11-2)18-15-22(3)4)33(27-19-16-25(17-20-27)21-35(8)9)34-29-14-12-13-28(23(5)6)32(29)30/h11-20,23,31,33-34H,2,10,21H2,1,3-9H3.